The van der Waals surface area contributed by atoms with Gasteiger partial charge in [0.15, 0.2) is 5.82 Å². The first-order valence-corrected chi connectivity index (χ1v) is 12.4. The van der Waals surface area contributed by atoms with E-state index in [4.69, 9.17) is 14.2 Å². The number of benzene rings is 1. The van der Waals surface area contributed by atoms with Gasteiger partial charge in [0.25, 0.3) is 5.89 Å². The van der Waals surface area contributed by atoms with Crippen molar-refractivity contribution in [1.29, 1.82) is 0 Å². The van der Waals surface area contributed by atoms with Gasteiger partial charge in [0, 0.05) is 43.8 Å². The van der Waals surface area contributed by atoms with Gasteiger partial charge in [0.05, 0.1) is 5.56 Å². The van der Waals surface area contributed by atoms with Crippen molar-refractivity contribution in [2.75, 3.05) is 31.2 Å². The Kier molecular flexibility index (Phi) is 6.53. The SMILES string of the molecule is Cc1noc(-c2c(N3CCC(NC4CCOCC4)CC3)nc3c(F)cc(C(C)C)cc3c2C)n1. The third-order valence-electron chi connectivity index (χ3n) is 7.20. The van der Waals surface area contributed by atoms with Crippen LogP contribution in [0.3, 0.4) is 0 Å². The quantitative estimate of drug-likeness (QED) is 0.572. The number of aryl methyl sites for hydroxylation is 2. The fourth-order valence-electron chi connectivity index (χ4n) is 5.16. The van der Waals surface area contributed by atoms with Gasteiger partial charge in [-0.1, -0.05) is 19.0 Å². The minimum atomic E-state index is -0.283. The van der Waals surface area contributed by atoms with Crippen molar-refractivity contribution in [1.82, 2.24) is 20.4 Å². The summed E-state index contributed by atoms with van der Waals surface area (Å²) in [4.78, 5) is 11.6. The van der Waals surface area contributed by atoms with Crippen molar-refractivity contribution in [2.45, 2.75) is 71.4 Å². The van der Waals surface area contributed by atoms with Gasteiger partial charge < -0.3 is 19.5 Å². The summed E-state index contributed by atoms with van der Waals surface area (Å²) in [5, 5.41) is 8.63. The van der Waals surface area contributed by atoms with Crippen LogP contribution in [0.2, 0.25) is 0 Å². The highest BCUT2D eigenvalue weighted by Crippen LogP contribution is 2.38. The number of rotatable bonds is 5. The Labute approximate surface area is 200 Å². The van der Waals surface area contributed by atoms with Crippen LogP contribution in [-0.4, -0.2) is 53.5 Å². The molecule has 2 aliphatic rings. The Morgan fingerprint density at radius 2 is 1.74 bits per heavy atom. The molecule has 0 spiro atoms. The molecule has 0 amide bonds. The summed E-state index contributed by atoms with van der Waals surface area (Å²) < 4.78 is 26.3. The number of piperidine rings is 1. The highest BCUT2D eigenvalue weighted by molar-refractivity contribution is 5.93. The molecule has 5 rings (SSSR count). The van der Waals surface area contributed by atoms with E-state index < -0.39 is 0 Å². The minimum absolute atomic E-state index is 0.217. The third-order valence-corrected chi connectivity index (χ3v) is 7.20. The van der Waals surface area contributed by atoms with Crippen LogP contribution < -0.4 is 10.2 Å². The Bertz CT molecular complexity index is 1160. The first-order valence-electron chi connectivity index (χ1n) is 12.4. The maximum Gasteiger partial charge on any atom is 0.261 e. The van der Waals surface area contributed by atoms with E-state index in [1.807, 2.05) is 13.0 Å². The summed E-state index contributed by atoms with van der Waals surface area (Å²) in [6.07, 6.45) is 4.16. The molecule has 2 saturated heterocycles. The molecule has 7 nitrogen and oxygen atoms in total. The number of fused-ring (bicyclic) bond motifs is 1. The van der Waals surface area contributed by atoms with Crippen LogP contribution in [0.25, 0.3) is 22.4 Å². The molecule has 0 saturated carbocycles. The van der Waals surface area contributed by atoms with Crippen molar-refractivity contribution in [2.24, 2.45) is 0 Å². The smallest absolute Gasteiger partial charge is 0.261 e. The van der Waals surface area contributed by atoms with Gasteiger partial charge in [-0.2, -0.15) is 4.98 Å². The molecule has 4 heterocycles. The number of ether oxygens (including phenoxy) is 1. The fraction of sp³-hybridized carbons (Fsp3) is 0.577. The number of pyridine rings is 1. The fourth-order valence-corrected chi connectivity index (χ4v) is 5.16. The third kappa shape index (κ3) is 4.53. The molecule has 0 unspecified atom stereocenters. The molecule has 0 bridgehead atoms. The minimum Gasteiger partial charge on any atom is -0.381 e. The molecule has 182 valence electrons. The molecular weight excluding hydrogens is 433 g/mol. The predicted octanol–water partition coefficient (Wildman–Crippen LogP) is 4.90. The van der Waals surface area contributed by atoms with Crippen LogP contribution in [0.1, 0.15) is 62.4 Å². The Morgan fingerprint density at radius 1 is 1.03 bits per heavy atom. The lowest BCUT2D eigenvalue weighted by Crippen LogP contribution is -2.48. The van der Waals surface area contributed by atoms with Gasteiger partial charge in [-0.15, -0.1) is 0 Å². The lowest BCUT2D eigenvalue weighted by atomic mass is 9.95. The van der Waals surface area contributed by atoms with Crippen molar-refractivity contribution in [3.63, 3.8) is 0 Å². The van der Waals surface area contributed by atoms with Gasteiger partial charge in [-0.25, -0.2) is 9.37 Å². The zero-order valence-corrected chi connectivity index (χ0v) is 20.5. The van der Waals surface area contributed by atoms with E-state index in [-0.39, 0.29) is 11.7 Å². The second-order valence-corrected chi connectivity index (χ2v) is 9.95. The number of anilines is 1. The number of nitrogens with zero attached hydrogens (tertiary/aromatic N) is 4. The summed E-state index contributed by atoms with van der Waals surface area (Å²) in [5.74, 6) is 1.68. The van der Waals surface area contributed by atoms with Crippen LogP contribution in [0.4, 0.5) is 10.2 Å². The van der Waals surface area contributed by atoms with E-state index in [2.05, 4.69) is 34.2 Å². The van der Waals surface area contributed by atoms with Crippen LogP contribution in [0.15, 0.2) is 16.7 Å². The molecule has 0 atom stereocenters. The maximum atomic E-state index is 15.2. The van der Waals surface area contributed by atoms with Crippen LogP contribution in [0.5, 0.6) is 0 Å². The summed E-state index contributed by atoms with van der Waals surface area (Å²) >= 11 is 0. The van der Waals surface area contributed by atoms with E-state index in [0.29, 0.717) is 29.3 Å². The van der Waals surface area contributed by atoms with E-state index >= 15 is 4.39 Å². The monoisotopic (exact) mass is 467 g/mol. The van der Waals surface area contributed by atoms with E-state index in [1.165, 1.54) is 0 Å². The number of hydrogen-bond acceptors (Lipinski definition) is 7. The average molecular weight is 468 g/mol. The normalized spacial score (nSPS) is 18.4. The first kappa shape index (κ1) is 23.2. The van der Waals surface area contributed by atoms with E-state index in [0.717, 1.165) is 79.9 Å². The van der Waals surface area contributed by atoms with Crippen LogP contribution in [-0.2, 0) is 4.74 Å². The summed E-state index contributed by atoms with van der Waals surface area (Å²) in [6, 6.07) is 4.67. The summed E-state index contributed by atoms with van der Waals surface area (Å²) in [6.45, 7) is 11.3. The number of nitrogens with one attached hydrogen (secondary N) is 1. The highest BCUT2D eigenvalue weighted by atomic mass is 19.1. The van der Waals surface area contributed by atoms with Gasteiger partial charge >= 0.3 is 0 Å². The number of aromatic nitrogens is 3. The molecular formula is C26H34FN5O2. The van der Waals surface area contributed by atoms with Crippen molar-refractivity contribution in [3.05, 3.63) is 34.9 Å². The summed E-state index contributed by atoms with van der Waals surface area (Å²) in [7, 11) is 0. The van der Waals surface area contributed by atoms with Crippen LogP contribution in [0, 0.1) is 19.7 Å². The lowest BCUT2D eigenvalue weighted by Gasteiger charge is -2.37. The van der Waals surface area contributed by atoms with E-state index in [9.17, 15) is 0 Å². The molecule has 2 fully saturated rings. The first-order chi connectivity index (χ1) is 16.4. The number of halogens is 1. The molecule has 2 aliphatic heterocycles. The Balaban J connectivity index is 1.50. The molecule has 34 heavy (non-hydrogen) atoms. The zero-order valence-electron chi connectivity index (χ0n) is 20.5. The van der Waals surface area contributed by atoms with Crippen molar-refractivity contribution >= 4 is 16.7 Å². The number of hydrogen-bond donors (Lipinski definition) is 1. The van der Waals surface area contributed by atoms with Gasteiger partial charge in [-0.3, -0.25) is 0 Å². The van der Waals surface area contributed by atoms with Crippen LogP contribution >= 0.6 is 0 Å². The Hall–Kier alpha value is -2.58. The topological polar surface area (TPSA) is 76.3 Å². The second-order valence-electron chi connectivity index (χ2n) is 9.95. The van der Waals surface area contributed by atoms with Gasteiger partial charge in [-0.05, 0) is 68.7 Å². The highest BCUT2D eigenvalue weighted by Gasteiger charge is 2.29. The largest absolute Gasteiger partial charge is 0.381 e. The van der Waals surface area contributed by atoms with Crippen molar-refractivity contribution in [3.8, 4) is 11.5 Å². The standard InChI is InChI=1S/C26H34FN5O2/c1-15(2)18-13-21-16(3)23(26-28-17(4)31-34-26)25(30-24(21)22(27)14-18)32-9-5-19(6-10-32)29-20-7-11-33-12-8-20/h13-15,19-20,29H,5-12H2,1-4H3. The van der Waals surface area contributed by atoms with Gasteiger partial charge in [0.1, 0.15) is 17.2 Å². The molecule has 3 aromatic rings. The molecule has 2 aromatic heterocycles. The maximum absolute atomic E-state index is 15.2. The van der Waals surface area contributed by atoms with E-state index in [1.54, 1.807) is 13.0 Å². The molecule has 1 N–H and O–H groups in total. The zero-order chi connectivity index (χ0) is 23.8. The molecule has 1 aromatic carbocycles. The molecule has 0 aliphatic carbocycles. The van der Waals surface area contributed by atoms with Gasteiger partial charge in [0.2, 0.25) is 0 Å². The Morgan fingerprint density at radius 3 is 2.38 bits per heavy atom. The molecule has 8 heteroatoms. The average Bonchev–Trinajstić information content (AvgIpc) is 3.26. The second kappa shape index (κ2) is 9.58. The lowest BCUT2D eigenvalue weighted by molar-refractivity contribution is 0.0738. The predicted molar refractivity (Wildman–Crippen MR) is 131 cm³/mol. The summed E-state index contributed by atoms with van der Waals surface area (Å²) in [5.41, 5.74) is 3.09. The van der Waals surface area contributed by atoms with Crippen molar-refractivity contribution < 1.29 is 13.7 Å². The molecule has 0 radical (unpaired) electrons.